The molecule has 0 fully saturated rings. The Labute approximate surface area is 92.5 Å². The number of amides is 1. The molecule has 1 N–H and O–H groups in total. The third kappa shape index (κ3) is 2.48. The molecule has 1 aromatic carbocycles. The maximum atomic E-state index is 12.9. The summed E-state index contributed by atoms with van der Waals surface area (Å²) in [6.45, 7) is 1.93. The highest BCUT2D eigenvalue weighted by Crippen LogP contribution is 2.19. The zero-order chi connectivity index (χ0) is 12.1. The molecule has 0 bridgehead atoms. The van der Waals surface area contributed by atoms with Crippen molar-refractivity contribution in [2.24, 2.45) is 0 Å². The van der Waals surface area contributed by atoms with Crippen molar-refractivity contribution in [1.82, 2.24) is 4.90 Å². The molecule has 0 atom stereocenters. The molecule has 0 saturated carbocycles. The number of nitriles is 1. The standard InChI is InChI=1S/C11H11FN2O2/c1-2-14(6-5-13)11(16)9-7-8(12)3-4-10(9)15/h3-4,7,15H,2,6H2,1H3. The monoisotopic (exact) mass is 222 g/mol. The highest BCUT2D eigenvalue weighted by molar-refractivity contribution is 5.96. The van der Waals surface area contributed by atoms with Crippen molar-refractivity contribution in [2.45, 2.75) is 6.92 Å². The summed E-state index contributed by atoms with van der Waals surface area (Å²) in [6, 6.07) is 4.97. The van der Waals surface area contributed by atoms with E-state index in [0.29, 0.717) is 6.54 Å². The van der Waals surface area contributed by atoms with Gasteiger partial charge in [-0.3, -0.25) is 4.79 Å². The van der Waals surface area contributed by atoms with Crippen LogP contribution in [-0.4, -0.2) is 29.0 Å². The van der Waals surface area contributed by atoms with Gasteiger partial charge in [-0.25, -0.2) is 4.39 Å². The Morgan fingerprint density at radius 3 is 2.88 bits per heavy atom. The Hall–Kier alpha value is -2.09. The number of benzene rings is 1. The van der Waals surface area contributed by atoms with Gasteiger partial charge in [0.15, 0.2) is 0 Å². The SMILES string of the molecule is CCN(CC#N)C(=O)c1cc(F)ccc1O. The first-order valence-electron chi connectivity index (χ1n) is 4.75. The van der Waals surface area contributed by atoms with E-state index in [1.165, 1.54) is 4.90 Å². The van der Waals surface area contributed by atoms with Gasteiger partial charge < -0.3 is 10.0 Å². The van der Waals surface area contributed by atoms with E-state index in [1.807, 2.05) is 6.07 Å². The number of carbonyl (C=O) groups is 1. The molecule has 0 aliphatic heterocycles. The minimum Gasteiger partial charge on any atom is -0.507 e. The molecule has 0 spiro atoms. The van der Waals surface area contributed by atoms with Crippen molar-refractivity contribution >= 4 is 5.91 Å². The zero-order valence-corrected chi connectivity index (χ0v) is 8.77. The maximum Gasteiger partial charge on any atom is 0.258 e. The molecule has 0 heterocycles. The Balaban J connectivity index is 3.03. The molecule has 1 amide bonds. The van der Waals surface area contributed by atoms with Gasteiger partial charge >= 0.3 is 0 Å². The second-order valence-corrected chi connectivity index (χ2v) is 3.14. The largest absolute Gasteiger partial charge is 0.507 e. The minimum absolute atomic E-state index is 0.0920. The van der Waals surface area contributed by atoms with E-state index in [9.17, 15) is 14.3 Å². The van der Waals surface area contributed by atoms with Crippen LogP contribution in [0.1, 0.15) is 17.3 Å². The van der Waals surface area contributed by atoms with E-state index in [2.05, 4.69) is 0 Å². The number of phenolic OH excluding ortho intramolecular Hbond substituents is 1. The molecule has 0 aliphatic carbocycles. The molecule has 0 aliphatic rings. The molecule has 1 rings (SSSR count). The third-order valence-electron chi connectivity index (χ3n) is 2.12. The molecule has 84 valence electrons. The molecular formula is C11H11FN2O2. The highest BCUT2D eigenvalue weighted by atomic mass is 19.1. The number of hydrogen-bond donors (Lipinski definition) is 1. The summed E-state index contributed by atoms with van der Waals surface area (Å²) >= 11 is 0. The lowest BCUT2D eigenvalue weighted by atomic mass is 10.1. The summed E-state index contributed by atoms with van der Waals surface area (Å²) in [7, 11) is 0. The van der Waals surface area contributed by atoms with Crippen LogP contribution >= 0.6 is 0 Å². The van der Waals surface area contributed by atoms with Crippen LogP contribution in [0.15, 0.2) is 18.2 Å². The van der Waals surface area contributed by atoms with E-state index in [1.54, 1.807) is 6.92 Å². The normalized spacial score (nSPS) is 9.56. The first-order chi connectivity index (χ1) is 7.60. The molecular weight excluding hydrogens is 211 g/mol. The van der Waals surface area contributed by atoms with Crippen molar-refractivity contribution < 1.29 is 14.3 Å². The summed E-state index contributed by atoms with van der Waals surface area (Å²) in [6.07, 6.45) is 0. The quantitative estimate of drug-likeness (QED) is 0.788. The molecule has 0 saturated heterocycles. The van der Waals surface area contributed by atoms with Crippen LogP contribution in [0.2, 0.25) is 0 Å². The molecule has 1 aromatic rings. The van der Waals surface area contributed by atoms with Gasteiger partial charge in [-0.05, 0) is 25.1 Å². The zero-order valence-electron chi connectivity index (χ0n) is 8.77. The van der Waals surface area contributed by atoms with Crippen molar-refractivity contribution in [1.29, 1.82) is 5.26 Å². The Morgan fingerprint density at radius 1 is 1.62 bits per heavy atom. The van der Waals surface area contributed by atoms with E-state index in [-0.39, 0.29) is 17.9 Å². The minimum atomic E-state index is -0.603. The Bertz CT molecular complexity index is 440. The van der Waals surface area contributed by atoms with Gasteiger partial charge in [-0.2, -0.15) is 5.26 Å². The fourth-order valence-electron chi connectivity index (χ4n) is 1.26. The predicted molar refractivity (Wildman–Crippen MR) is 55.3 cm³/mol. The predicted octanol–water partition coefficient (Wildman–Crippen LogP) is 1.52. The van der Waals surface area contributed by atoms with E-state index in [4.69, 9.17) is 5.26 Å². The molecule has 0 unspecified atom stereocenters. The highest BCUT2D eigenvalue weighted by Gasteiger charge is 2.17. The summed E-state index contributed by atoms with van der Waals surface area (Å²) in [5.74, 6) is -1.45. The van der Waals surface area contributed by atoms with Crippen molar-refractivity contribution in [3.63, 3.8) is 0 Å². The summed E-state index contributed by atoms with van der Waals surface area (Å²) < 4.78 is 12.9. The van der Waals surface area contributed by atoms with Gasteiger partial charge in [0.2, 0.25) is 0 Å². The first-order valence-corrected chi connectivity index (χ1v) is 4.75. The van der Waals surface area contributed by atoms with Crippen molar-refractivity contribution in [3.8, 4) is 11.8 Å². The van der Waals surface area contributed by atoms with E-state index in [0.717, 1.165) is 18.2 Å². The van der Waals surface area contributed by atoms with Crippen LogP contribution in [0.4, 0.5) is 4.39 Å². The van der Waals surface area contributed by atoms with E-state index >= 15 is 0 Å². The lowest BCUT2D eigenvalue weighted by Gasteiger charge is -2.17. The molecule has 4 nitrogen and oxygen atoms in total. The third-order valence-corrected chi connectivity index (χ3v) is 2.12. The number of phenols is 1. The second-order valence-electron chi connectivity index (χ2n) is 3.14. The fourth-order valence-corrected chi connectivity index (χ4v) is 1.26. The van der Waals surface area contributed by atoms with Crippen molar-refractivity contribution in [3.05, 3.63) is 29.6 Å². The Kier molecular flexibility index (Phi) is 3.84. The number of hydrogen-bond acceptors (Lipinski definition) is 3. The number of aromatic hydroxyl groups is 1. The fraction of sp³-hybridized carbons (Fsp3) is 0.273. The molecule has 16 heavy (non-hydrogen) atoms. The smallest absolute Gasteiger partial charge is 0.258 e. The average Bonchev–Trinajstić information content (AvgIpc) is 2.28. The lowest BCUT2D eigenvalue weighted by Crippen LogP contribution is -2.31. The van der Waals surface area contributed by atoms with Gasteiger partial charge in [-0.15, -0.1) is 0 Å². The van der Waals surface area contributed by atoms with Gasteiger partial charge in [0.05, 0.1) is 11.6 Å². The Morgan fingerprint density at radius 2 is 2.31 bits per heavy atom. The molecule has 0 aromatic heterocycles. The van der Waals surface area contributed by atoms with Crippen LogP contribution in [-0.2, 0) is 0 Å². The van der Waals surface area contributed by atoms with Gasteiger partial charge in [0.25, 0.3) is 5.91 Å². The van der Waals surface area contributed by atoms with Crippen LogP contribution in [0.25, 0.3) is 0 Å². The number of nitrogens with zero attached hydrogens (tertiary/aromatic N) is 2. The second kappa shape index (κ2) is 5.12. The van der Waals surface area contributed by atoms with Gasteiger partial charge in [-0.1, -0.05) is 0 Å². The van der Waals surface area contributed by atoms with Crippen LogP contribution in [0.3, 0.4) is 0 Å². The van der Waals surface area contributed by atoms with E-state index < -0.39 is 11.7 Å². The summed E-state index contributed by atoms with van der Waals surface area (Å²) in [5, 5.41) is 17.9. The number of halogens is 1. The first kappa shape index (κ1) is 12.0. The lowest BCUT2D eigenvalue weighted by molar-refractivity contribution is 0.0780. The summed E-state index contributed by atoms with van der Waals surface area (Å²) in [5.41, 5.74) is -0.128. The van der Waals surface area contributed by atoms with Crippen LogP contribution < -0.4 is 0 Å². The number of rotatable bonds is 3. The average molecular weight is 222 g/mol. The summed E-state index contributed by atoms with van der Waals surface area (Å²) in [4.78, 5) is 13.0. The topological polar surface area (TPSA) is 64.3 Å². The number of carbonyl (C=O) groups excluding carboxylic acids is 1. The van der Waals surface area contributed by atoms with Crippen molar-refractivity contribution in [2.75, 3.05) is 13.1 Å². The van der Waals surface area contributed by atoms with Gasteiger partial charge in [0.1, 0.15) is 18.1 Å². The molecule has 0 radical (unpaired) electrons. The van der Waals surface area contributed by atoms with Crippen LogP contribution in [0, 0.1) is 17.1 Å². The van der Waals surface area contributed by atoms with Crippen LogP contribution in [0.5, 0.6) is 5.75 Å². The maximum absolute atomic E-state index is 12.9. The molecule has 5 heteroatoms. The van der Waals surface area contributed by atoms with Gasteiger partial charge in [0, 0.05) is 6.54 Å².